The molecule has 134 valence electrons. The monoisotopic (exact) mass is 353 g/mol. The van der Waals surface area contributed by atoms with Crippen LogP contribution in [0.1, 0.15) is 11.8 Å². The SMILES string of the molecule is CCOC(COC/N=C/C=C(N)/C=C/c1cccs1)COCNC. The zero-order valence-corrected chi connectivity index (χ0v) is 15.1. The molecule has 0 spiro atoms. The van der Waals surface area contributed by atoms with Crippen LogP contribution in [0.4, 0.5) is 0 Å². The van der Waals surface area contributed by atoms with Crippen molar-refractivity contribution < 1.29 is 14.2 Å². The Bertz CT molecular complexity index is 501. The van der Waals surface area contributed by atoms with Crippen LogP contribution in [0.3, 0.4) is 0 Å². The predicted molar refractivity (Wildman–Crippen MR) is 100 cm³/mol. The van der Waals surface area contributed by atoms with E-state index >= 15 is 0 Å². The average molecular weight is 353 g/mol. The van der Waals surface area contributed by atoms with Crippen LogP contribution in [0.25, 0.3) is 6.08 Å². The van der Waals surface area contributed by atoms with Gasteiger partial charge < -0.3 is 19.9 Å². The smallest absolute Gasteiger partial charge is 0.137 e. The minimum absolute atomic E-state index is 0.0899. The third-order valence-corrected chi connectivity index (χ3v) is 3.62. The number of rotatable bonds is 13. The van der Waals surface area contributed by atoms with Gasteiger partial charge in [-0.2, -0.15) is 0 Å². The Labute approximate surface area is 148 Å². The van der Waals surface area contributed by atoms with Crippen molar-refractivity contribution in [1.82, 2.24) is 5.32 Å². The topological polar surface area (TPSA) is 78.1 Å². The predicted octanol–water partition coefficient (Wildman–Crippen LogP) is 2.25. The van der Waals surface area contributed by atoms with Crippen molar-refractivity contribution >= 4 is 23.6 Å². The number of nitrogens with two attached hydrogens (primary N) is 1. The molecule has 3 N–H and O–H groups in total. The van der Waals surface area contributed by atoms with Crippen LogP contribution in [0, 0.1) is 0 Å². The van der Waals surface area contributed by atoms with Crippen LogP contribution in [-0.2, 0) is 14.2 Å². The highest BCUT2D eigenvalue weighted by atomic mass is 32.1. The molecular formula is C17H27N3O3S. The molecule has 24 heavy (non-hydrogen) atoms. The number of aliphatic imine (C=N–C) groups is 1. The van der Waals surface area contributed by atoms with Crippen molar-refractivity contribution in [2.45, 2.75) is 13.0 Å². The highest BCUT2D eigenvalue weighted by Gasteiger charge is 2.08. The summed E-state index contributed by atoms with van der Waals surface area (Å²) in [7, 11) is 1.83. The van der Waals surface area contributed by atoms with E-state index in [1.165, 1.54) is 0 Å². The number of thiophene rings is 1. The van der Waals surface area contributed by atoms with Crippen LogP contribution in [0.15, 0.2) is 40.4 Å². The van der Waals surface area contributed by atoms with E-state index in [4.69, 9.17) is 19.9 Å². The molecule has 0 aliphatic heterocycles. The Morgan fingerprint density at radius 2 is 2.25 bits per heavy atom. The Kier molecular flexibility index (Phi) is 11.9. The maximum absolute atomic E-state index is 5.87. The van der Waals surface area contributed by atoms with E-state index in [0.29, 0.717) is 32.2 Å². The van der Waals surface area contributed by atoms with Gasteiger partial charge in [-0.25, -0.2) is 0 Å². The number of hydrogen-bond donors (Lipinski definition) is 2. The van der Waals surface area contributed by atoms with Crippen LogP contribution >= 0.6 is 11.3 Å². The van der Waals surface area contributed by atoms with E-state index in [0.717, 1.165) is 4.88 Å². The van der Waals surface area contributed by atoms with Crippen LogP contribution in [-0.4, -0.2) is 52.6 Å². The van der Waals surface area contributed by atoms with Crippen LogP contribution in [0.2, 0.25) is 0 Å². The minimum atomic E-state index is -0.0899. The van der Waals surface area contributed by atoms with Crippen molar-refractivity contribution in [3.05, 3.63) is 40.2 Å². The second kappa shape index (κ2) is 13.9. The van der Waals surface area contributed by atoms with Crippen molar-refractivity contribution in [2.75, 3.05) is 40.3 Å². The summed E-state index contributed by atoms with van der Waals surface area (Å²) in [5, 5.41) is 4.94. The standard InChI is InChI=1S/C17H27N3O3S/c1-3-23-16(11-21-13-19-2)12-22-14-20-9-8-15(18)6-7-17-5-4-10-24-17/h4-10,16,19H,3,11-14,18H2,1-2H3/b7-6+,15-8-,20-9+. The Morgan fingerprint density at radius 1 is 1.42 bits per heavy atom. The number of allylic oxidation sites excluding steroid dienone is 2. The molecule has 0 saturated carbocycles. The lowest BCUT2D eigenvalue weighted by Crippen LogP contribution is -2.28. The lowest BCUT2D eigenvalue weighted by atomic mass is 10.3. The molecule has 0 aliphatic carbocycles. The van der Waals surface area contributed by atoms with Gasteiger partial charge in [0.2, 0.25) is 0 Å². The van der Waals surface area contributed by atoms with Gasteiger partial charge in [0.1, 0.15) is 12.8 Å². The van der Waals surface area contributed by atoms with Crippen molar-refractivity contribution in [3.8, 4) is 0 Å². The second-order valence-corrected chi connectivity index (χ2v) is 5.77. The fourth-order valence-electron chi connectivity index (χ4n) is 1.71. The normalized spacial score (nSPS) is 14.0. The molecule has 6 nitrogen and oxygen atoms in total. The first-order chi connectivity index (χ1) is 11.8. The molecule has 0 bridgehead atoms. The summed E-state index contributed by atoms with van der Waals surface area (Å²) >= 11 is 1.66. The van der Waals surface area contributed by atoms with Gasteiger partial charge in [-0.15, -0.1) is 11.3 Å². The quantitative estimate of drug-likeness (QED) is 0.246. The van der Waals surface area contributed by atoms with Gasteiger partial charge in [0, 0.05) is 23.4 Å². The van der Waals surface area contributed by atoms with Gasteiger partial charge in [0.25, 0.3) is 0 Å². The molecule has 0 amide bonds. The maximum Gasteiger partial charge on any atom is 0.137 e. The Hall–Kier alpha value is -1.51. The van der Waals surface area contributed by atoms with E-state index in [1.807, 2.05) is 43.6 Å². The molecule has 0 aliphatic rings. The number of nitrogens with one attached hydrogen (secondary N) is 1. The molecule has 7 heteroatoms. The zero-order chi connectivity index (χ0) is 17.5. The van der Waals surface area contributed by atoms with E-state index < -0.39 is 0 Å². The molecule has 1 rings (SSSR count). The lowest BCUT2D eigenvalue weighted by molar-refractivity contribution is -0.0570. The van der Waals surface area contributed by atoms with Gasteiger partial charge in [-0.1, -0.05) is 6.07 Å². The molecule has 1 unspecified atom stereocenters. The summed E-state index contributed by atoms with van der Waals surface area (Å²) < 4.78 is 16.4. The summed E-state index contributed by atoms with van der Waals surface area (Å²) in [5.41, 5.74) is 6.50. The Balaban J connectivity index is 2.21. The summed E-state index contributed by atoms with van der Waals surface area (Å²) in [6.07, 6.45) is 7.11. The van der Waals surface area contributed by atoms with E-state index in [9.17, 15) is 0 Å². The van der Waals surface area contributed by atoms with Gasteiger partial charge in [0.05, 0.1) is 19.9 Å². The van der Waals surface area contributed by atoms with Gasteiger partial charge in [-0.05, 0) is 43.6 Å². The van der Waals surface area contributed by atoms with Crippen molar-refractivity contribution in [1.29, 1.82) is 0 Å². The highest BCUT2D eigenvalue weighted by Crippen LogP contribution is 2.10. The van der Waals surface area contributed by atoms with Gasteiger partial charge >= 0.3 is 0 Å². The minimum Gasteiger partial charge on any atom is -0.399 e. The fourth-order valence-corrected chi connectivity index (χ4v) is 2.33. The lowest BCUT2D eigenvalue weighted by Gasteiger charge is -2.16. The summed E-state index contributed by atoms with van der Waals surface area (Å²) in [4.78, 5) is 5.30. The molecule has 1 atom stereocenters. The first-order valence-electron chi connectivity index (χ1n) is 7.85. The van der Waals surface area contributed by atoms with E-state index in [1.54, 1.807) is 23.6 Å². The molecule has 0 fully saturated rings. The number of nitrogens with zero attached hydrogens (tertiary/aromatic N) is 1. The second-order valence-electron chi connectivity index (χ2n) is 4.79. The molecule has 1 aromatic rings. The third-order valence-electron chi connectivity index (χ3n) is 2.78. The molecule has 1 heterocycles. The summed E-state index contributed by atoms with van der Waals surface area (Å²) in [6.45, 7) is 4.24. The fraction of sp³-hybridized carbons (Fsp3) is 0.471. The third kappa shape index (κ3) is 10.3. The molecule has 0 radical (unpaired) electrons. The summed E-state index contributed by atoms with van der Waals surface area (Å²) in [6, 6.07) is 4.04. The van der Waals surface area contributed by atoms with Crippen molar-refractivity contribution in [2.24, 2.45) is 10.7 Å². The van der Waals surface area contributed by atoms with E-state index in [-0.39, 0.29) is 12.8 Å². The molecule has 0 aromatic carbocycles. The van der Waals surface area contributed by atoms with Crippen LogP contribution < -0.4 is 11.1 Å². The number of hydrogen-bond acceptors (Lipinski definition) is 7. The van der Waals surface area contributed by atoms with Crippen LogP contribution in [0.5, 0.6) is 0 Å². The molecule has 1 aromatic heterocycles. The molecular weight excluding hydrogens is 326 g/mol. The molecule has 0 saturated heterocycles. The first kappa shape index (κ1) is 20.5. The van der Waals surface area contributed by atoms with Gasteiger partial charge in [0.15, 0.2) is 0 Å². The summed E-state index contributed by atoms with van der Waals surface area (Å²) in [5.74, 6) is 0. The zero-order valence-electron chi connectivity index (χ0n) is 14.3. The van der Waals surface area contributed by atoms with E-state index in [2.05, 4.69) is 10.3 Å². The van der Waals surface area contributed by atoms with Crippen molar-refractivity contribution in [3.63, 3.8) is 0 Å². The average Bonchev–Trinajstić information content (AvgIpc) is 3.09. The highest BCUT2D eigenvalue weighted by molar-refractivity contribution is 7.10. The Morgan fingerprint density at radius 3 is 2.96 bits per heavy atom. The largest absolute Gasteiger partial charge is 0.399 e. The first-order valence-corrected chi connectivity index (χ1v) is 8.73. The number of ether oxygens (including phenoxy) is 3. The van der Waals surface area contributed by atoms with Gasteiger partial charge in [-0.3, -0.25) is 10.3 Å². The maximum atomic E-state index is 5.87.